The summed E-state index contributed by atoms with van der Waals surface area (Å²) in [6, 6.07) is 0. The topological polar surface area (TPSA) is 74.6 Å². The second-order valence-corrected chi connectivity index (χ2v) is 10.7. The molecule has 0 radical (unpaired) electrons. The molecule has 0 atom stereocenters. The highest BCUT2D eigenvalue weighted by atomic mass is 16.4. The van der Waals surface area contributed by atoms with Gasteiger partial charge in [-0.15, -0.1) is 0 Å². The monoisotopic (exact) mass is 560 g/mol. The maximum Gasteiger partial charge on any atom is 0.303 e. The van der Waals surface area contributed by atoms with Crippen LogP contribution in [0.3, 0.4) is 0 Å². The fourth-order valence-corrected chi connectivity index (χ4v) is 4.18. The van der Waals surface area contributed by atoms with Crippen LogP contribution in [-0.4, -0.2) is 22.2 Å². The normalized spacial score (nSPS) is 11.7. The third-order valence-electron chi connectivity index (χ3n) is 6.68. The van der Waals surface area contributed by atoms with Crippen molar-refractivity contribution >= 4 is 11.9 Å². The van der Waals surface area contributed by atoms with Gasteiger partial charge in [-0.2, -0.15) is 0 Å². The van der Waals surface area contributed by atoms with Crippen LogP contribution in [0.15, 0.2) is 48.6 Å². The molecule has 0 amide bonds. The highest BCUT2D eigenvalue weighted by Crippen LogP contribution is 2.09. The predicted molar refractivity (Wildman–Crippen MR) is 174 cm³/mol. The van der Waals surface area contributed by atoms with Crippen molar-refractivity contribution in [3.05, 3.63) is 48.6 Å². The molecule has 2 N–H and O–H groups in total. The summed E-state index contributed by atoms with van der Waals surface area (Å²) >= 11 is 0. The quantitative estimate of drug-likeness (QED) is 0.0737. The van der Waals surface area contributed by atoms with Gasteiger partial charge in [0.15, 0.2) is 0 Å². The molecule has 0 aromatic rings. The Morgan fingerprint density at radius 3 is 0.975 bits per heavy atom. The van der Waals surface area contributed by atoms with Crippen LogP contribution < -0.4 is 0 Å². The fraction of sp³-hybridized carbons (Fsp3) is 0.722. The molecule has 40 heavy (non-hydrogen) atoms. The van der Waals surface area contributed by atoms with Crippen LogP contribution >= 0.6 is 0 Å². The highest BCUT2D eigenvalue weighted by Gasteiger charge is 1.96. The number of allylic oxidation sites excluding steroid dienone is 8. The van der Waals surface area contributed by atoms with Crippen molar-refractivity contribution in [1.82, 2.24) is 0 Å². The summed E-state index contributed by atoms with van der Waals surface area (Å²) in [5.41, 5.74) is 0. The van der Waals surface area contributed by atoms with Gasteiger partial charge in [-0.1, -0.05) is 127 Å². The molecule has 0 rings (SSSR count). The minimum absolute atomic E-state index is 0.324. The number of hydrogen-bond acceptors (Lipinski definition) is 2. The van der Waals surface area contributed by atoms with Gasteiger partial charge in [0.1, 0.15) is 0 Å². The summed E-state index contributed by atoms with van der Waals surface area (Å²) in [6.07, 6.45) is 44.6. The second-order valence-electron chi connectivity index (χ2n) is 10.7. The van der Waals surface area contributed by atoms with Gasteiger partial charge in [-0.05, 0) is 77.0 Å². The van der Waals surface area contributed by atoms with Crippen molar-refractivity contribution in [1.29, 1.82) is 0 Å². The largest absolute Gasteiger partial charge is 0.481 e. The molecular weight excluding hydrogens is 496 g/mol. The summed E-state index contributed by atoms with van der Waals surface area (Å²) in [4.78, 5) is 20.6. The SMILES string of the molecule is CCCCC/C=C/C/C=C/CCCCCCCC(=O)O.CCCCC/C=C/C/C=C/CCCCCCCC(=O)O. The van der Waals surface area contributed by atoms with E-state index in [0.717, 1.165) is 51.4 Å². The highest BCUT2D eigenvalue weighted by molar-refractivity contribution is 5.66. The average molecular weight is 561 g/mol. The van der Waals surface area contributed by atoms with E-state index in [0.29, 0.717) is 12.8 Å². The Kier molecular flexibility index (Phi) is 36.9. The third kappa shape index (κ3) is 43.0. The van der Waals surface area contributed by atoms with E-state index in [9.17, 15) is 9.59 Å². The van der Waals surface area contributed by atoms with Crippen LogP contribution in [0.5, 0.6) is 0 Å². The summed E-state index contributed by atoms with van der Waals surface area (Å²) in [6.45, 7) is 4.47. The van der Waals surface area contributed by atoms with Crippen LogP contribution in [0, 0.1) is 0 Å². The van der Waals surface area contributed by atoms with Crippen LogP contribution in [0.25, 0.3) is 0 Å². The maximum absolute atomic E-state index is 10.3. The molecule has 4 nitrogen and oxygen atoms in total. The standard InChI is InChI=1S/2C18H32O2/c2*1-2-3-4-5-6-7-8-9-10-11-12-13-14-15-16-17-18(19)20/h2*6-7,9-10H,2-5,8,11-17H2,1H3,(H,19,20)/b2*7-6+,10-9+. The van der Waals surface area contributed by atoms with E-state index in [2.05, 4.69) is 62.5 Å². The number of carbonyl (C=O) groups is 2. The smallest absolute Gasteiger partial charge is 0.303 e. The summed E-state index contributed by atoms with van der Waals surface area (Å²) in [7, 11) is 0. The molecule has 0 saturated heterocycles. The summed E-state index contributed by atoms with van der Waals surface area (Å²) in [5, 5.41) is 17.0. The molecule has 0 bridgehead atoms. The Morgan fingerprint density at radius 2 is 0.675 bits per heavy atom. The lowest BCUT2D eigenvalue weighted by molar-refractivity contribution is -0.138. The van der Waals surface area contributed by atoms with Crippen LogP contribution in [-0.2, 0) is 9.59 Å². The van der Waals surface area contributed by atoms with Gasteiger partial charge in [0.25, 0.3) is 0 Å². The number of aliphatic carboxylic acids is 2. The number of rotatable bonds is 28. The van der Waals surface area contributed by atoms with Crippen LogP contribution in [0.2, 0.25) is 0 Å². The zero-order valence-corrected chi connectivity index (χ0v) is 26.3. The number of carboxylic acids is 2. The molecule has 0 aliphatic heterocycles. The predicted octanol–water partition coefficient (Wildman–Crippen LogP) is 11.8. The van der Waals surface area contributed by atoms with Gasteiger partial charge >= 0.3 is 11.9 Å². The van der Waals surface area contributed by atoms with Crippen molar-refractivity contribution < 1.29 is 19.8 Å². The Labute approximate surface area is 248 Å². The van der Waals surface area contributed by atoms with E-state index in [1.54, 1.807) is 0 Å². The van der Waals surface area contributed by atoms with E-state index < -0.39 is 11.9 Å². The zero-order chi connectivity index (χ0) is 29.8. The van der Waals surface area contributed by atoms with E-state index in [4.69, 9.17) is 10.2 Å². The van der Waals surface area contributed by atoms with Gasteiger partial charge in [-0.25, -0.2) is 0 Å². The molecule has 0 saturated carbocycles. The number of unbranched alkanes of at least 4 members (excludes halogenated alkanes) is 16. The third-order valence-corrected chi connectivity index (χ3v) is 6.68. The molecular formula is C36H64O4. The summed E-state index contributed by atoms with van der Waals surface area (Å²) in [5.74, 6) is -1.34. The van der Waals surface area contributed by atoms with E-state index in [1.807, 2.05) is 0 Å². The van der Waals surface area contributed by atoms with E-state index >= 15 is 0 Å². The molecule has 0 spiro atoms. The number of carboxylic acid groups (broad SMARTS) is 2. The van der Waals surface area contributed by atoms with Gasteiger partial charge in [0.2, 0.25) is 0 Å². The molecule has 0 unspecified atom stereocenters. The lowest BCUT2D eigenvalue weighted by Crippen LogP contribution is -1.93. The van der Waals surface area contributed by atoms with E-state index in [1.165, 1.54) is 89.9 Å². The minimum Gasteiger partial charge on any atom is -0.481 e. The van der Waals surface area contributed by atoms with Crippen molar-refractivity contribution in [3.63, 3.8) is 0 Å². The number of hydrogen-bond donors (Lipinski definition) is 2. The minimum atomic E-state index is -0.671. The van der Waals surface area contributed by atoms with Crippen molar-refractivity contribution in [2.75, 3.05) is 0 Å². The molecule has 0 aliphatic carbocycles. The zero-order valence-electron chi connectivity index (χ0n) is 26.3. The molecule has 0 heterocycles. The molecule has 0 aromatic heterocycles. The fourth-order valence-electron chi connectivity index (χ4n) is 4.18. The van der Waals surface area contributed by atoms with Crippen molar-refractivity contribution in [2.24, 2.45) is 0 Å². The van der Waals surface area contributed by atoms with Crippen molar-refractivity contribution in [2.45, 2.75) is 168 Å². The Bertz CT molecular complexity index is 589. The molecule has 232 valence electrons. The summed E-state index contributed by atoms with van der Waals surface area (Å²) < 4.78 is 0. The van der Waals surface area contributed by atoms with Gasteiger partial charge < -0.3 is 10.2 Å². The Balaban J connectivity index is 0. The maximum atomic E-state index is 10.3. The Morgan fingerprint density at radius 1 is 0.400 bits per heavy atom. The van der Waals surface area contributed by atoms with Gasteiger partial charge in [0.05, 0.1) is 0 Å². The second kappa shape index (κ2) is 36.9. The first-order chi connectivity index (χ1) is 19.5. The first-order valence-corrected chi connectivity index (χ1v) is 16.6. The van der Waals surface area contributed by atoms with Gasteiger partial charge in [-0.3, -0.25) is 9.59 Å². The van der Waals surface area contributed by atoms with Crippen molar-refractivity contribution in [3.8, 4) is 0 Å². The lowest BCUT2D eigenvalue weighted by Gasteiger charge is -1.98. The molecule has 4 heteroatoms. The van der Waals surface area contributed by atoms with Crippen LogP contribution in [0.1, 0.15) is 168 Å². The first-order valence-electron chi connectivity index (χ1n) is 16.6. The van der Waals surface area contributed by atoms with E-state index in [-0.39, 0.29) is 0 Å². The van der Waals surface area contributed by atoms with Crippen LogP contribution in [0.4, 0.5) is 0 Å². The molecule has 0 aromatic carbocycles. The average Bonchev–Trinajstić information content (AvgIpc) is 2.93. The Hall–Kier alpha value is -2.10. The van der Waals surface area contributed by atoms with Gasteiger partial charge in [0, 0.05) is 12.8 Å². The molecule has 0 aliphatic rings. The first kappa shape index (κ1) is 40.0. The molecule has 0 fully saturated rings. The lowest BCUT2D eigenvalue weighted by atomic mass is 10.1.